The lowest BCUT2D eigenvalue weighted by Gasteiger charge is -2.39. The van der Waals surface area contributed by atoms with Crippen molar-refractivity contribution in [1.82, 2.24) is 4.90 Å². The first-order valence-corrected chi connectivity index (χ1v) is 7.68. The number of nitrogens with zero attached hydrogens (tertiary/aromatic N) is 1. The Bertz CT molecular complexity index is 447. The van der Waals surface area contributed by atoms with Gasteiger partial charge in [-0.05, 0) is 17.9 Å². The van der Waals surface area contributed by atoms with Crippen LogP contribution in [0.1, 0.15) is 38.3 Å². The fourth-order valence-electron chi connectivity index (χ4n) is 2.96. The minimum atomic E-state index is -0.790. The van der Waals surface area contributed by atoms with Gasteiger partial charge >= 0.3 is 5.97 Å². The van der Waals surface area contributed by atoms with Crippen LogP contribution in [0.3, 0.4) is 0 Å². The predicted octanol–water partition coefficient (Wildman–Crippen LogP) is 2.95. The Morgan fingerprint density at radius 1 is 1.38 bits per heavy atom. The lowest BCUT2D eigenvalue weighted by Crippen LogP contribution is -2.45. The molecule has 1 saturated heterocycles. The molecule has 2 atom stereocenters. The Morgan fingerprint density at radius 2 is 2.10 bits per heavy atom. The molecule has 4 nitrogen and oxygen atoms in total. The molecule has 0 amide bonds. The predicted molar refractivity (Wildman–Crippen MR) is 82.2 cm³/mol. The van der Waals surface area contributed by atoms with Crippen LogP contribution in [0.2, 0.25) is 0 Å². The van der Waals surface area contributed by atoms with Crippen molar-refractivity contribution in [3.8, 4) is 0 Å². The number of hydrogen-bond donors (Lipinski definition) is 1. The molecule has 0 bridgehead atoms. The summed E-state index contributed by atoms with van der Waals surface area (Å²) in [5.74, 6) is -0.196. The van der Waals surface area contributed by atoms with Gasteiger partial charge in [-0.2, -0.15) is 0 Å². The summed E-state index contributed by atoms with van der Waals surface area (Å²) in [6.45, 7) is 6.62. The quantitative estimate of drug-likeness (QED) is 0.875. The van der Waals surface area contributed by atoms with Crippen LogP contribution in [0.5, 0.6) is 0 Å². The summed E-state index contributed by atoms with van der Waals surface area (Å²) in [4.78, 5) is 13.3. The topological polar surface area (TPSA) is 49.8 Å². The van der Waals surface area contributed by atoms with E-state index in [-0.39, 0.29) is 12.5 Å². The van der Waals surface area contributed by atoms with Gasteiger partial charge in [-0.3, -0.25) is 9.69 Å². The minimum Gasteiger partial charge on any atom is -0.481 e. The number of hydrogen-bond acceptors (Lipinski definition) is 3. The van der Waals surface area contributed by atoms with Crippen LogP contribution in [-0.4, -0.2) is 41.8 Å². The number of rotatable bonds is 6. The zero-order valence-corrected chi connectivity index (χ0v) is 12.9. The average molecular weight is 291 g/mol. The minimum absolute atomic E-state index is 0.0830. The van der Waals surface area contributed by atoms with Crippen molar-refractivity contribution >= 4 is 5.97 Å². The second-order valence-electron chi connectivity index (χ2n) is 6.14. The molecule has 2 unspecified atom stereocenters. The Morgan fingerprint density at radius 3 is 2.71 bits per heavy atom. The third kappa shape index (κ3) is 4.83. The van der Waals surface area contributed by atoms with E-state index in [1.807, 2.05) is 6.07 Å². The monoisotopic (exact) mass is 291 g/mol. The molecule has 0 aliphatic carbocycles. The van der Waals surface area contributed by atoms with Crippen LogP contribution in [0.4, 0.5) is 0 Å². The number of benzene rings is 1. The summed E-state index contributed by atoms with van der Waals surface area (Å²) in [6, 6.07) is 10.8. The summed E-state index contributed by atoms with van der Waals surface area (Å²) < 4.78 is 5.59. The Balaban J connectivity index is 2.10. The maximum absolute atomic E-state index is 10.9. The molecule has 4 heteroatoms. The summed E-state index contributed by atoms with van der Waals surface area (Å²) in [7, 11) is 0. The number of carboxylic acids is 1. The lowest BCUT2D eigenvalue weighted by atomic mass is 9.94. The molecule has 2 rings (SSSR count). The highest BCUT2D eigenvalue weighted by Crippen LogP contribution is 2.29. The Hall–Kier alpha value is -1.39. The fourth-order valence-corrected chi connectivity index (χ4v) is 2.96. The zero-order chi connectivity index (χ0) is 15.2. The van der Waals surface area contributed by atoms with E-state index in [1.54, 1.807) is 0 Å². The van der Waals surface area contributed by atoms with Gasteiger partial charge in [0, 0.05) is 19.1 Å². The standard InChI is InChI=1S/C17H25NO3/c1-13(2)10-16(14-6-4-3-5-7-14)18-8-9-21-15(12-18)11-17(19)20/h3-7,13,15-16H,8-12H2,1-2H3,(H,19,20). The number of ether oxygens (including phenoxy) is 1. The van der Waals surface area contributed by atoms with Gasteiger partial charge < -0.3 is 9.84 Å². The van der Waals surface area contributed by atoms with E-state index in [4.69, 9.17) is 9.84 Å². The number of carboxylic acid groups (broad SMARTS) is 1. The first kappa shape index (κ1) is 16.0. The van der Waals surface area contributed by atoms with E-state index >= 15 is 0 Å². The van der Waals surface area contributed by atoms with E-state index < -0.39 is 5.97 Å². The van der Waals surface area contributed by atoms with Crippen LogP contribution in [0, 0.1) is 5.92 Å². The molecule has 1 aromatic rings. The first-order chi connectivity index (χ1) is 10.1. The molecule has 0 aromatic heterocycles. The third-order valence-corrected chi connectivity index (χ3v) is 3.89. The van der Waals surface area contributed by atoms with Crippen LogP contribution >= 0.6 is 0 Å². The van der Waals surface area contributed by atoms with Gasteiger partial charge in [-0.1, -0.05) is 44.2 Å². The number of aliphatic carboxylic acids is 1. The van der Waals surface area contributed by atoms with Crippen molar-refractivity contribution < 1.29 is 14.6 Å². The third-order valence-electron chi connectivity index (χ3n) is 3.89. The number of morpholine rings is 1. The van der Waals surface area contributed by atoms with Crippen LogP contribution in [0.25, 0.3) is 0 Å². The van der Waals surface area contributed by atoms with Crippen LogP contribution in [0.15, 0.2) is 30.3 Å². The highest BCUT2D eigenvalue weighted by molar-refractivity contribution is 5.67. The second kappa shape index (κ2) is 7.57. The highest BCUT2D eigenvalue weighted by Gasteiger charge is 2.28. The smallest absolute Gasteiger partial charge is 0.306 e. The first-order valence-electron chi connectivity index (χ1n) is 7.68. The van der Waals surface area contributed by atoms with Crippen LogP contribution in [-0.2, 0) is 9.53 Å². The van der Waals surface area contributed by atoms with Crippen molar-refractivity contribution in [1.29, 1.82) is 0 Å². The zero-order valence-electron chi connectivity index (χ0n) is 12.9. The maximum atomic E-state index is 10.9. The molecular formula is C17H25NO3. The van der Waals surface area contributed by atoms with Crippen molar-refractivity contribution in [2.45, 2.75) is 38.8 Å². The molecule has 21 heavy (non-hydrogen) atoms. The molecule has 0 saturated carbocycles. The normalized spacial score (nSPS) is 21.4. The molecular weight excluding hydrogens is 266 g/mol. The van der Waals surface area contributed by atoms with Gasteiger partial charge in [-0.25, -0.2) is 0 Å². The van der Waals surface area contributed by atoms with E-state index in [0.717, 1.165) is 13.0 Å². The van der Waals surface area contributed by atoms with E-state index in [9.17, 15) is 4.79 Å². The van der Waals surface area contributed by atoms with E-state index in [2.05, 4.69) is 43.0 Å². The highest BCUT2D eigenvalue weighted by atomic mass is 16.5. The van der Waals surface area contributed by atoms with Crippen LogP contribution < -0.4 is 0 Å². The van der Waals surface area contributed by atoms with Crippen molar-refractivity contribution in [3.63, 3.8) is 0 Å². The van der Waals surface area contributed by atoms with Gasteiger partial charge in [-0.15, -0.1) is 0 Å². The summed E-state index contributed by atoms with van der Waals surface area (Å²) in [5, 5.41) is 8.95. The van der Waals surface area contributed by atoms with Gasteiger partial charge in [0.1, 0.15) is 0 Å². The SMILES string of the molecule is CC(C)CC(c1ccccc1)N1CCOC(CC(=O)O)C1. The van der Waals surface area contributed by atoms with E-state index in [1.165, 1.54) is 5.56 Å². The van der Waals surface area contributed by atoms with Crippen molar-refractivity contribution in [2.24, 2.45) is 5.92 Å². The maximum Gasteiger partial charge on any atom is 0.306 e. The largest absolute Gasteiger partial charge is 0.481 e. The summed E-state index contributed by atoms with van der Waals surface area (Å²) in [6.07, 6.45) is 0.957. The molecule has 0 spiro atoms. The molecule has 1 aromatic carbocycles. The van der Waals surface area contributed by atoms with Gasteiger partial charge in [0.05, 0.1) is 19.1 Å². The Kier molecular flexibility index (Phi) is 5.76. The molecule has 1 aliphatic rings. The summed E-state index contributed by atoms with van der Waals surface area (Å²) in [5.41, 5.74) is 1.31. The molecule has 1 aliphatic heterocycles. The molecule has 1 fully saturated rings. The van der Waals surface area contributed by atoms with Gasteiger partial charge in [0.25, 0.3) is 0 Å². The second-order valence-corrected chi connectivity index (χ2v) is 6.14. The van der Waals surface area contributed by atoms with Gasteiger partial charge in [0.15, 0.2) is 0 Å². The van der Waals surface area contributed by atoms with Gasteiger partial charge in [0.2, 0.25) is 0 Å². The van der Waals surface area contributed by atoms with Crippen molar-refractivity contribution in [3.05, 3.63) is 35.9 Å². The Labute approximate surface area is 126 Å². The number of carbonyl (C=O) groups is 1. The van der Waals surface area contributed by atoms with E-state index in [0.29, 0.717) is 25.1 Å². The lowest BCUT2D eigenvalue weighted by molar-refractivity contribution is -0.142. The molecule has 0 radical (unpaired) electrons. The average Bonchev–Trinajstić information content (AvgIpc) is 2.45. The summed E-state index contributed by atoms with van der Waals surface area (Å²) >= 11 is 0. The molecule has 116 valence electrons. The molecule has 1 heterocycles. The fraction of sp³-hybridized carbons (Fsp3) is 0.588. The molecule has 1 N–H and O–H groups in total. The van der Waals surface area contributed by atoms with Crippen molar-refractivity contribution in [2.75, 3.05) is 19.7 Å².